The van der Waals surface area contributed by atoms with Crippen LogP contribution in [0.4, 0.5) is 5.69 Å². The topological polar surface area (TPSA) is 67.9 Å². The second-order valence-corrected chi connectivity index (χ2v) is 8.46. The predicted octanol–water partition coefficient (Wildman–Crippen LogP) is 5.25. The average molecular weight is 459 g/mol. The van der Waals surface area contributed by atoms with E-state index in [4.69, 9.17) is 9.47 Å². The first-order chi connectivity index (χ1) is 16.5. The van der Waals surface area contributed by atoms with Crippen molar-refractivity contribution in [2.24, 2.45) is 0 Å². The molecule has 1 heterocycles. The van der Waals surface area contributed by atoms with Gasteiger partial charge in [0.05, 0.1) is 31.4 Å². The van der Waals surface area contributed by atoms with E-state index < -0.39 is 0 Å². The number of benzene rings is 3. The van der Waals surface area contributed by atoms with Gasteiger partial charge in [-0.05, 0) is 49.4 Å². The van der Waals surface area contributed by atoms with Gasteiger partial charge in [-0.15, -0.1) is 0 Å². The van der Waals surface area contributed by atoms with Crippen LogP contribution in [0.1, 0.15) is 32.8 Å². The molecule has 6 heteroatoms. The molecule has 6 nitrogen and oxygen atoms in total. The van der Waals surface area contributed by atoms with Crippen LogP contribution >= 0.6 is 0 Å². The Labute approximate surface area is 200 Å². The summed E-state index contributed by atoms with van der Waals surface area (Å²) in [7, 11) is 0. The highest BCUT2D eigenvalue weighted by Crippen LogP contribution is 2.33. The van der Waals surface area contributed by atoms with E-state index in [0.717, 1.165) is 28.6 Å². The fourth-order valence-corrected chi connectivity index (χ4v) is 3.95. The number of carbonyl (C=O) groups excluding carboxylic acids is 2. The third-order valence-electron chi connectivity index (χ3n) is 5.60. The van der Waals surface area contributed by atoms with Gasteiger partial charge < -0.3 is 14.8 Å². The maximum absolute atomic E-state index is 13.4. The number of hydrogen-bond donors (Lipinski definition) is 1. The van der Waals surface area contributed by atoms with Gasteiger partial charge in [0.25, 0.3) is 11.8 Å². The first kappa shape index (κ1) is 23.5. The van der Waals surface area contributed by atoms with Crippen LogP contribution in [0.2, 0.25) is 0 Å². The highest BCUT2D eigenvalue weighted by atomic mass is 16.5. The maximum Gasteiger partial charge on any atom is 0.278 e. The molecule has 1 aliphatic rings. The van der Waals surface area contributed by atoms with Crippen LogP contribution in [0.25, 0.3) is 16.3 Å². The van der Waals surface area contributed by atoms with E-state index in [0.29, 0.717) is 17.7 Å². The van der Waals surface area contributed by atoms with Crippen LogP contribution in [0.15, 0.2) is 72.4 Å². The van der Waals surface area contributed by atoms with Crippen molar-refractivity contribution in [2.45, 2.75) is 33.3 Å². The molecule has 0 spiro atoms. The van der Waals surface area contributed by atoms with Crippen LogP contribution in [-0.4, -0.2) is 42.6 Å². The number of amides is 2. The second kappa shape index (κ2) is 10.5. The van der Waals surface area contributed by atoms with Crippen molar-refractivity contribution >= 4 is 33.8 Å². The van der Waals surface area contributed by atoms with Crippen molar-refractivity contribution in [3.8, 4) is 5.75 Å². The summed E-state index contributed by atoms with van der Waals surface area (Å²) in [5, 5.41) is 5.31. The summed E-state index contributed by atoms with van der Waals surface area (Å²) in [6.07, 6.45) is 0.927. The molecule has 2 amide bonds. The summed E-state index contributed by atoms with van der Waals surface area (Å²) in [4.78, 5) is 28.1. The van der Waals surface area contributed by atoms with Gasteiger partial charge in [0, 0.05) is 11.1 Å². The Morgan fingerprint density at radius 1 is 0.882 bits per heavy atom. The van der Waals surface area contributed by atoms with Gasteiger partial charge in [-0.2, -0.15) is 0 Å². The largest absolute Gasteiger partial charge is 0.494 e. The zero-order chi connectivity index (χ0) is 24.1. The molecule has 0 radical (unpaired) electrons. The van der Waals surface area contributed by atoms with Gasteiger partial charge in [-0.3, -0.25) is 14.5 Å². The van der Waals surface area contributed by atoms with E-state index in [1.165, 1.54) is 4.90 Å². The number of hydrogen-bond acceptors (Lipinski definition) is 5. The van der Waals surface area contributed by atoms with Crippen molar-refractivity contribution in [2.75, 3.05) is 25.1 Å². The molecule has 176 valence electrons. The maximum atomic E-state index is 13.4. The molecular formula is C28H30N2O4. The molecule has 0 saturated carbocycles. The van der Waals surface area contributed by atoms with E-state index in [1.807, 2.05) is 87.5 Å². The number of anilines is 1. The zero-order valence-electron chi connectivity index (χ0n) is 19.8. The van der Waals surface area contributed by atoms with Gasteiger partial charge in [-0.1, -0.05) is 55.5 Å². The molecule has 0 unspecified atom stereocenters. The van der Waals surface area contributed by atoms with Crippen molar-refractivity contribution < 1.29 is 19.1 Å². The highest BCUT2D eigenvalue weighted by molar-refractivity contribution is 6.36. The van der Waals surface area contributed by atoms with E-state index in [2.05, 4.69) is 5.32 Å². The minimum absolute atomic E-state index is 0.0178. The SMILES string of the molecule is CCCOc1ccc(C2=C(Nc3cccc4ccccc34)C(=O)N(CCOC(C)C)C2=O)cc1. The smallest absolute Gasteiger partial charge is 0.278 e. The number of fused-ring (bicyclic) bond motifs is 1. The number of carbonyl (C=O) groups is 2. The van der Waals surface area contributed by atoms with Crippen molar-refractivity contribution in [1.82, 2.24) is 4.90 Å². The highest BCUT2D eigenvalue weighted by Gasteiger charge is 2.39. The molecule has 0 fully saturated rings. The summed E-state index contributed by atoms with van der Waals surface area (Å²) >= 11 is 0. The molecule has 0 aromatic heterocycles. The lowest BCUT2D eigenvalue weighted by molar-refractivity contribution is -0.137. The molecule has 3 aromatic rings. The van der Waals surface area contributed by atoms with Gasteiger partial charge in [0.15, 0.2) is 0 Å². The van der Waals surface area contributed by atoms with Crippen molar-refractivity contribution in [1.29, 1.82) is 0 Å². The van der Waals surface area contributed by atoms with Gasteiger partial charge in [0.2, 0.25) is 0 Å². The number of nitrogens with one attached hydrogen (secondary N) is 1. The molecule has 0 aliphatic carbocycles. The second-order valence-electron chi connectivity index (χ2n) is 8.46. The van der Waals surface area contributed by atoms with Crippen molar-refractivity contribution in [3.05, 3.63) is 78.0 Å². The monoisotopic (exact) mass is 458 g/mol. The molecule has 4 rings (SSSR count). The number of ether oxygens (including phenoxy) is 2. The first-order valence-corrected chi connectivity index (χ1v) is 11.7. The van der Waals surface area contributed by atoms with E-state index in [9.17, 15) is 9.59 Å². The lowest BCUT2D eigenvalue weighted by Crippen LogP contribution is -2.35. The number of imide groups is 1. The van der Waals surface area contributed by atoms with Crippen LogP contribution in [0.5, 0.6) is 5.75 Å². The van der Waals surface area contributed by atoms with Gasteiger partial charge >= 0.3 is 0 Å². The van der Waals surface area contributed by atoms with Gasteiger partial charge in [0.1, 0.15) is 11.4 Å². The van der Waals surface area contributed by atoms with E-state index >= 15 is 0 Å². The third kappa shape index (κ3) is 4.97. The molecule has 34 heavy (non-hydrogen) atoms. The Kier molecular flexibility index (Phi) is 7.28. The lowest BCUT2D eigenvalue weighted by atomic mass is 10.0. The third-order valence-corrected chi connectivity index (χ3v) is 5.60. The lowest BCUT2D eigenvalue weighted by Gasteiger charge is -2.16. The first-order valence-electron chi connectivity index (χ1n) is 11.7. The molecule has 0 atom stereocenters. The predicted molar refractivity (Wildman–Crippen MR) is 135 cm³/mol. The van der Waals surface area contributed by atoms with E-state index in [1.54, 1.807) is 0 Å². The summed E-state index contributed by atoms with van der Waals surface area (Å²) in [5.41, 5.74) is 2.06. The zero-order valence-corrected chi connectivity index (χ0v) is 19.8. The summed E-state index contributed by atoms with van der Waals surface area (Å²) in [6.45, 7) is 6.99. The summed E-state index contributed by atoms with van der Waals surface area (Å²) < 4.78 is 11.3. The number of nitrogens with zero attached hydrogens (tertiary/aromatic N) is 1. The average Bonchev–Trinajstić information content (AvgIpc) is 3.07. The standard InChI is InChI=1S/C28H30N2O4/c1-4-17-34-22-14-12-21(13-15-22)25-26(28(32)30(27(25)31)16-18-33-19(2)3)29-24-11-7-9-20-8-5-6-10-23(20)24/h5-15,19,29H,4,16-18H2,1-3H3. The van der Waals surface area contributed by atoms with Crippen LogP contribution in [0, 0.1) is 0 Å². The van der Waals surface area contributed by atoms with Crippen LogP contribution < -0.4 is 10.1 Å². The molecule has 1 N–H and O–H groups in total. The fraction of sp³-hybridized carbons (Fsp3) is 0.286. The Morgan fingerprint density at radius 2 is 1.62 bits per heavy atom. The normalized spacial score (nSPS) is 13.9. The Balaban J connectivity index is 1.71. The summed E-state index contributed by atoms with van der Waals surface area (Å²) in [6, 6.07) is 21.1. The Morgan fingerprint density at radius 3 is 2.35 bits per heavy atom. The Bertz CT molecular complexity index is 1210. The number of rotatable bonds is 10. The van der Waals surface area contributed by atoms with Crippen molar-refractivity contribution in [3.63, 3.8) is 0 Å². The minimum atomic E-state index is -0.355. The fourth-order valence-electron chi connectivity index (χ4n) is 3.95. The molecule has 1 aliphatic heterocycles. The van der Waals surface area contributed by atoms with Crippen LogP contribution in [-0.2, 0) is 14.3 Å². The quantitative estimate of drug-likeness (QED) is 0.421. The minimum Gasteiger partial charge on any atom is -0.494 e. The molecule has 0 saturated heterocycles. The van der Waals surface area contributed by atoms with E-state index in [-0.39, 0.29) is 36.8 Å². The molecular weight excluding hydrogens is 428 g/mol. The molecule has 0 bridgehead atoms. The Hall–Kier alpha value is -3.64. The van der Waals surface area contributed by atoms with Gasteiger partial charge in [-0.25, -0.2) is 0 Å². The summed E-state index contributed by atoms with van der Waals surface area (Å²) in [5.74, 6) is 0.0441. The molecule has 3 aromatic carbocycles. The van der Waals surface area contributed by atoms with Crippen LogP contribution in [0.3, 0.4) is 0 Å².